The number of pyridine rings is 1. The molecular formula is C79H53N6O4S3+. The zero-order valence-electron chi connectivity index (χ0n) is 49.9. The Morgan fingerprint density at radius 1 is 0.522 bits per heavy atom. The molecule has 13 heteroatoms. The molecule has 12 heterocycles. The highest BCUT2D eigenvalue weighted by Gasteiger charge is 2.65. The molecule has 440 valence electrons. The molecule has 0 bridgehead atoms. The lowest BCUT2D eigenvalue weighted by molar-refractivity contribution is -0.580. The van der Waals surface area contributed by atoms with Crippen molar-refractivity contribution in [2.75, 3.05) is 25.3 Å². The summed E-state index contributed by atoms with van der Waals surface area (Å²) in [6, 6.07) is 81.3. The van der Waals surface area contributed by atoms with Crippen molar-refractivity contribution < 1.29 is 22.4 Å². The summed E-state index contributed by atoms with van der Waals surface area (Å²) < 4.78 is 39.2. The normalized spacial score (nSPS) is 17.6. The van der Waals surface area contributed by atoms with Crippen LogP contribution in [0, 0.1) is 0 Å². The maximum Gasteiger partial charge on any atom is 0.212 e. The maximum atomic E-state index is 6.61. The minimum Gasteiger partial charge on any atom is -0.491 e. The van der Waals surface area contributed by atoms with Gasteiger partial charge in [0.15, 0.2) is 0 Å². The standard InChI is InChI=1S/C79H53N6O4S3/c1-3-48(86-2)43-87-49-26-27-65-55(40-49)52-14-6-9-19-64(52)83(65)47-25-31-71-59(39-47)57-37-45(23-29-69(57)89-71)73-42-61-54-16-11-21-75-77(54)85-67(79(61)91-73)33-35-81(85)92(75)74-20-10-15-53-60-41-72(90-78(60)66-32-34-80(92)84(66)76(53)74)44-22-28-68-56(36-44)58-38-46(24-30-70(58)88-68)82-62-17-7-4-12-50(62)51-13-5-8-18-63(51)82/h4-31,33,35-42,48,66H,3,32,34,43H2,1-2H3/q+1. The van der Waals surface area contributed by atoms with Gasteiger partial charge in [-0.2, -0.15) is 0 Å². The predicted molar refractivity (Wildman–Crippen MR) is 377 cm³/mol. The number of furan rings is 2. The predicted octanol–water partition coefficient (Wildman–Crippen LogP) is 20.9. The van der Waals surface area contributed by atoms with E-state index in [9.17, 15) is 0 Å². The summed E-state index contributed by atoms with van der Waals surface area (Å²) in [6.45, 7) is 3.59. The molecule has 92 heavy (non-hydrogen) atoms. The number of aromatic nitrogens is 4. The molecule has 4 aliphatic heterocycles. The van der Waals surface area contributed by atoms with Gasteiger partial charge in [0.05, 0.1) is 49.5 Å². The maximum absolute atomic E-state index is 6.61. The second-order valence-electron chi connectivity index (χ2n) is 25.1. The van der Waals surface area contributed by atoms with Crippen LogP contribution in [-0.4, -0.2) is 44.4 Å². The van der Waals surface area contributed by atoms with Gasteiger partial charge in [-0.3, -0.25) is 5.01 Å². The van der Waals surface area contributed by atoms with Crippen LogP contribution in [0.4, 0.5) is 5.69 Å². The number of anilines is 1. The Balaban J connectivity index is 0.631. The molecule has 18 aromatic rings. The van der Waals surface area contributed by atoms with Crippen molar-refractivity contribution in [2.24, 2.45) is 0 Å². The molecule has 3 unspecified atom stereocenters. The van der Waals surface area contributed by atoms with Crippen molar-refractivity contribution in [1.82, 2.24) is 18.1 Å². The van der Waals surface area contributed by atoms with Gasteiger partial charge in [-0.15, -0.1) is 31.6 Å². The lowest BCUT2D eigenvalue weighted by atomic mass is 9.94. The number of methoxy groups -OCH3 is 1. The summed E-state index contributed by atoms with van der Waals surface area (Å²) in [7, 11) is -0.188. The van der Waals surface area contributed by atoms with E-state index in [2.05, 4.69) is 259 Å². The summed E-state index contributed by atoms with van der Waals surface area (Å²) >= 11 is 3.87. The zero-order valence-corrected chi connectivity index (χ0v) is 52.3. The summed E-state index contributed by atoms with van der Waals surface area (Å²) in [5.74, 6) is 0.841. The third kappa shape index (κ3) is 6.39. The Labute approximate surface area is 535 Å². The fourth-order valence-corrected chi connectivity index (χ4v) is 23.2. The van der Waals surface area contributed by atoms with E-state index >= 15 is 0 Å². The van der Waals surface area contributed by atoms with Crippen LogP contribution in [0.2, 0.25) is 0 Å². The summed E-state index contributed by atoms with van der Waals surface area (Å²) in [6.07, 6.45) is 4.39. The summed E-state index contributed by atoms with van der Waals surface area (Å²) in [4.78, 5) is 6.82. The van der Waals surface area contributed by atoms with Crippen molar-refractivity contribution in [1.29, 1.82) is 0 Å². The summed E-state index contributed by atoms with van der Waals surface area (Å²) in [5.41, 5.74) is 19.5. The number of nitrogens with zero attached hydrogens (tertiary/aromatic N) is 6. The molecule has 3 atom stereocenters. The van der Waals surface area contributed by atoms with Crippen LogP contribution in [0.1, 0.15) is 30.7 Å². The number of para-hydroxylation sites is 5. The minimum atomic E-state index is -1.94. The van der Waals surface area contributed by atoms with Gasteiger partial charge in [-0.1, -0.05) is 85.8 Å². The van der Waals surface area contributed by atoms with Crippen LogP contribution >= 0.6 is 33.1 Å². The van der Waals surface area contributed by atoms with Crippen molar-refractivity contribution in [3.63, 3.8) is 0 Å². The first kappa shape index (κ1) is 50.6. The van der Waals surface area contributed by atoms with Gasteiger partial charge in [0.2, 0.25) is 6.20 Å². The molecule has 10 nitrogen and oxygen atoms in total. The highest BCUT2D eigenvalue weighted by atomic mass is 32.3. The van der Waals surface area contributed by atoms with Crippen LogP contribution in [0.3, 0.4) is 0 Å². The van der Waals surface area contributed by atoms with Crippen molar-refractivity contribution in [3.8, 4) is 49.1 Å². The van der Waals surface area contributed by atoms with Crippen LogP contribution in [0.25, 0.3) is 157 Å². The van der Waals surface area contributed by atoms with Crippen LogP contribution in [-0.2, 0) is 4.74 Å². The Kier molecular flexibility index (Phi) is 9.95. The Hall–Kier alpha value is -10.1. The number of thiophene rings is 2. The van der Waals surface area contributed by atoms with E-state index in [-0.39, 0.29) is 12.1 Å². The highest BCUT2D eigenvalue weighted by molar-refractivity contribution is 8.27. The third-order valence-electron chi connectivity index (χ3n) is 20.6. The minimum absolute atomic E-state index is 0.0485. The van der Waals surface area contributed by atoms with E-state index in [0.717, 1.165) is 96.8 Å². The molecule has 1 saturated heterocycles. The van der Waals surface area contributed by atoms with Crippen molar-refractivity contribution in [3.05, 3.63) is 229 Å². The molecule has 0 amide bonds. The number of benzene rings is 10. The Morgan fingerprint density at radius 2 is 1.12 bits per heavy atom. The molecule has 22 rings (SSSR count). The topological polar surface area (TPSA) is 69.4 Å². The molecule has 8 aromatic heterocycles. The van der Waals surface area contributed by atoms with E-state index in [1.807, 2.05) is 22.7 Å². The van der Waals surface area contributed by atoms with Gasteiger partial charge >= 0.3 is 0 Å². The van der Waals surface area contributed by atoms with Crippen LogP contribution in [0.15, 0.2) is 243 Å². The molecule has 10 aromatic carbocycles. The molecule has 0 saturated carbocycles. The molecule has 1 spiro atoms. The van der Waals surface area contributed by atoms with E-state index < -0.39 is 10.4 Å². The Morgan fingerprint density at radius 3 is 1.79 bits per heavy atom. The SMILES string of the molecule is CCC(COc1ccc2c(c1)c1ccccc1n2-c1ccc2oc3ccc(-c4cc5c6cccc7c6n6c(cc[n+]6S76c7cccc8c7N7C(CCN76)c6sc(-c7ccc9oc%10ccc(-n%11c%12ccccc%12c%12ccccc%12%11)cc%10c9c7)cc6-8)c5s4)cc3c2c1)OC. The molecule has 0 radical (unpaired) electrons. The number of hydrazine groups is 1. The highest BCUT2D eigenvalue weighted by Crippen LogP contribution is 2.77. The molecule has 4 aliphatic rings. The van der Waals surface area contributed by atoms with E-state index in [4.69, 9.17) is 18.3 Å². The largest absolute Gasteiger partial charge is 0.491 e. The smallest absolute Gasteiger partial charge is 0.212 e. The van der Waals surface area contributed by atoms with Crippen LogP contribution < -0.4 is 13.8 Å². The number of hydrogen-bond donors (Lipinski definition) is 0. The molecule has 1 fully saturated rings. The number of ether oxygens (including phenoxy) is 2. The quantitative estimate of drug-likeness (QED) is 0.134. The zero-order chi connectivity index (χ0) is 60.0. The van der Waals surface area contributed by atoms with E-state index in [0.29, 0.717) is 6.61 Å². The average molecular weight is 1250 g/mol. The molecule has 0 aliphatic carbocycles. The van der Waals surface area contributed by atoms with Gasteiger partial charge in [-0.05, 0) is 162 Å². The van der Waals surface area contributed by atoms with Gasteiger partial charge in [-0.25, -0.2) is 0 Å². The molecule has 0 N–H and O–H groups in total. The second-order valence-corrected chi connectivity index (χ2v) is 30.0. The first-order valence-electron chi connectivity index (χ1n) is 31.7. The number of fused-ring (bicyclic) bond motifs is 22. The second kappa shape index (κ2) is 18.1. The fourth-order valence-electron chi connectivity index (χ4n) is 16.5. The third-order valence-corrected chi connectivity index (χ3v) is 26.8. The first-order valence-corrected chi connectivity index (χ1v) is 34.9. The number of hydrogen-bond acceptors (Lipinski definition) is 8. The fraction of sp³-hybridized carbons (Fsp3) is 0.101. The van der Waals surface area contributed by atoms with Gasteiger partial charge in [0.25, 0.3) is 0 Å². The average Bonchev–Trinajstić information content (AvgIpc) is 1.48. The van der Waals surface area contributed by atoms with E-state index in [1.165, 1.54) is 106 Å². The Bertz CT molecular complexity index is 6280. The number of rotatable bonds is 9. The first-order chi connectivity index (χ1) is 45.5. The lowest BCUT2D eigenvalue weighted by Gasteiger charge is -2.36. The monoisotopic (exact) mass is 1250 g/mol. The summed E-state index contributed by atoms with van der Waals surface area (Å²) in [5, 5.41) is 14.6. The lowest BCUT2D eigenvalue weighted by Crippen LogP contribution is -2.49. The van der Waals surface area contributed by atoms with E-state index in [1.54, 1.807) is 7.11 Å². The van der Waals surface area contributed by atoms with Gasteiger partial charge < -0.3 is 27.4 Å². The van der Waals surface area contributed by atoms with Gasteiger partial charge in [0.1, 0.15) is 61.0 Å². The van der Waals surface area contributed by atoms with Crippen molar-refractivity contribution in [2.45, 2.75) is 41.7 Å². The van der Waals surface area contributed by atoms with Crippen LogP contribution in [0.5, 0.6) is 5.75 Å². The molecular weight excluding hydrogens is 1190 g/mol. The van der Waals surface area contributed by atoms with Crippen molar-refractivity contribution >= 4 is 153 Å². The van der Waals surface area contributed by atoms with Gasteiger partial charge in [0, 0.05) is 111 Å².